The zero-order chi connectivity index (χ0) is 29.4. The number of aromatic nitrogens is 2. The predicted octanol–water partition coefficient (Wildman–Crippen LogP) is 1.76. The van der Waals surface area contributed by atoms with E-state index in [1.807, 2.05) is 5.10 Å². The zero-order valence-corrected chi connectivity index (χ0v) is 20.7. The number of halogens is 7. The average molecular weight is 567 g/mol. The standard InChI is InChI=1S/C23H21F7N4O5/c1-11-8-32(9-18(35)33(11)10-22(25,26)27)20(37)15-6-14(4-5-16(15)24)7-17-12(2)13(3)19(36)31-34(17)39-21(38)23(28,29)30/h4-6,11H,7-10H2,1-3H3/p+1. The predicted molar refractivity (Wildman–Crippen MR) is 117 cm³/mol. The fourth-order valence-electron chi connectivity index (χ4n) is 3.98. The summed E-state index contributed by atoms with van der Waals surface area (Å²) in [7, 11) is 0. The molecule has 212 valence electrons. The summed E-state index contributed by atoms with van der Waals surface area (Å²) in [6.45, 7) is 1.50. The van der Waals surface area contributed by atoms with Gasteiger partial charge < -0.3 is 9.80 Å². The molecule has 0 saturated carbocycles. The lowest BCUT2D eigenvalue weighted by atomic mass is 10.0. The van der Waals surface area contributed by atoms with Gasteiger partial charge in [0.1, 0.15) is 23.8 Å². The molecule has 2 amide bonds. The third kappa shape index (κ3) is 6.72. The van der Waals surface area contributed by atoms with Crippen LogP contribution in [0.4, 0.5) is 30.7 Å². The number of nitrogens with zero attached hydrogens (tertiary/aromatic N) is 3. The highest BCUT2D eigenvalue weighted by Crippen LogP contribution is 2.23. The van der Waals surface area contributed by atoms with Gasteiger partial charge in [-0.3, -0.25) is 14.4 Å². The van der Waals surface area contributed by atoms with Gasteiger partial charge in [0.15, 0.2) is 0 Å². The number of amides is 2. The summed E-state index contributed by atoms with van der Waals surface area (Å²) in [4.78, 5) is 54.8. The molecule has 16 heteroatoms. The van der Waals surface area contributed by atoms with E-state index in [1.54, 1.807) is 0 Å². The van der Waals surface area contributed by atoms with Gasteiger partial charge in [0.25, 0.3) is 11.6 Å². The van der Waals surface area contributed by atoms with Gasteiger partial charge in [0, 0.05) is 23.7 Å². The molecule has 39 heavy (non-hydrogen) atoms. The number of carbonyl (C=O) groups excluding carboxylic acids is 3. The first kappa shape index (κ1) is 29.6. The van der Waals surface area contributed by atoms with E-state index >= 15 is 0 Å². The summed E-state index contributed by atoms with van der Waals surface area (Å²) < 4.78 is 91.3. The van der Waals surface area contributed by atoms with Crippen molar-refractivity contribution in [3.05, 3.63) is 62.3 Å². The van der Waals surface area contributed by atoms with Crippen molar-refractivity contribution in [2.24, 2.45) is 0 Å². The number of nitrogens with one attached hydrogen (secondary N) is 1. The van der Waals surface area contributed by atoms with Crippen molar-refractivity contribution in [3.63, 3.8) is 0 Å². The Morgan fingerprint density at radius 1 is 1.10 bits per heavy atom. The van der Waals surface area contributed by atoms with Crippen LogP contribution >= 0.6 is 0 Å². The van der Waals surface area contributed by atoms with Crippen molar-refractivity contribution in [1.82, 2.24) is 14.9 Å². The highest BCUT2D eigenvalue weighted by Gasteiger charge is 2.46. The van der Waals surface area contributed by atoms with E-state index in [9.17, 15) is 49.9 Å². The molecule has 1 aromatic heterocycles. The SMILES string of the molecule is Cc1c(C)c(=O)[nH][n+](OC(=O)C(F)(F)F)c1Cc1ccc(F)c(C(=O)N2CC(=O)N(CC(F)(F)F)C(C)C2)c1. The molecule has 0 aliphatic carbocycles. The van der Waals surface area contributed by atoms with Gasteiger partial charge in [-0.25, -0.2) is 9.18 Å². The van der Waals surface area contributed by atoms with E-state index in [0.717, 1.165) is 17.0 Å². The van der Waals surface area contributed by atoms with E-state index in [2.05, 4.69) is 4.84 Å². The molecule has 1 saturated heterocycles. The van der Waals surface area contributed by atoms with Crippen LogP contribution in [0, 0.1) is 19.7 Å². The monoisotopic (exact) mass is 567 g/mol. The molecule has 2 heterocycles. The smallest absolute Gasteiger partial charge is 0.328 e. The van der Waals surface area contributed by atoms with E-state index in [-0.39, 0.29) is 40.2 Å². The maximum Gasteiger partial charge on any atom is 0.498 e. The Balaban J connectivity index is 1.91. The summed E-state index contributed by atoms with van der Waals surface area (Å²) in [6, 6.07) is 2.10. The Kier molecular flexibility index (Phi) is 8.07. The number of alkyl halides is 6. The number of aromatic amines is 1. The van der Waals surface area contributed by atoms with Crippen LogP contribution in [0.15, 0.2) is 23.0 Å². The fourth-order valence-corrected chi connectivity index (χ4v) is 3.98. The Morgan fingerprint density at radius 2 is 1.74 bits per heavy atom. The van der Waals surface area contributed by atoms with Gasteiger partial charge in [0.05, 0.1) is 12.0 Å². The third-order valence-electron chi connectivity index (χ3n) is 6.12. The van der Waals surface area contributed by atoms with Crippen molar-refractivity contribution >= 4 is 17.8 Å². The normalized spacial score (nSPS) is 16.5. The molecule has 1 aliphatic rings. The van der Waals surface area contributed by atoms with Crippen molar-refractivity contribution < 1.29 is 54.8 Å². The molecular formula is C23H22F7N4O5+. The minimum Gasteiger partial charge on any atom is -0.328 e. The first-order valence-electron chi connectivity index (χ1n) is 11.3. The second-order valence-corrected chi connectivity index (χ2v) is 8.97. The van der Waals surface area contributed by atoms with Gasteiger partial charge in [0.2, 0.25) is 5.91 Å². The highest BCUT2D eigenvalue weighted by atomic mass is 19.4. The Morgan fingerprint density at radius 3 is 2.31 bits per heavy atom. The lowest BCUT2D eigenvalue weighted by molar-refractivity contribution is -0.921. The average Bonchev–Trinajstić information content (AvgIpc) is 2.81. The van der Waals surface area contributed by atoms with Crippen molar-refractivity contribution in [1.29, 1.82) is 0 Å². The minimum absolute atomic E-state index is 0.0898. The van der Waals surface area contributed by atoms with Crippen LogP contribution in [0.1, 0.15) is 39.7 Å². The summed E-state index contributed by atoms with van der Waals surface area (Å²) in [5, 5.41) is 1.99. The highest BCUT2D eigenvalue weighted by molar-refractivity contribution is 5.97. The number of carbonyl (C=O) groups is 3. The van der Waals surface area contributed by atoms with Crippen LogP contribution in [0.3, 0.4) is 0 Å². The number of hydrogen-bond donors (Lipinski definition) is 1. The van der Waals surface area contributed by atoms with Crippen LogP contribution in [-0.2, 0) is 16.0 Å². The second kappa shape index (κ2) is 10.6. The largest absolute Gasteiger partial charge is 0.498 e. The maximum absolute atomic E-state index is 14.6. The van der Waals surface area contributed by atoms with Crippen LogP contribution < -0.4 is 15.2 Å². The summed E-state index contributed by atoms with van der Waals surface area (Å²) >= 11 is 0. The second-order valence-electron chi connectivity index (χ2n) is 8.97. The fraction of sp³-hybridized carbons (Fsp3) is 0.435. The van der Waals surface area contributed by atoms with Crippen molar-refractivity contribution in [2.45, 2.75) is 45.6 Å². The zero-order valence-electron chi connectivity index (χ0n) is 20.7. The van der Waals surface area contributed by atoms with Crippen molar-refractivity contribution in [3.8, 4) is 0 Å². The van der Waals surface area contributed by atoms with E-state index in [4.69, 9.17) is 0 Å². The summed E-state index contributed by atoms with van der Waals surface area (Å²) in [5.74, 6) is -5.62. The van der Waals surface area contributed by atoms with E-state index < -0.39 is 66.2 Å². The first-order chi connectivity index (χ1) is 17.9. The Labute approximate surface area is 215 Å². The number of piperazine rings is 1. The molecule has 1 N–H and O–H groups in total. The van der Waals surface area contributed by atoms with Gasteiger partial charge in [-0.15, -0.1) is 0 Å². The van der Waals surface area contributed by atoms with E-state index in [0.29, 0.717) is 4.90 Å². The molecule has 0 spiro atoms. The molecular weight excluding hydrogens is 545 g/mol. The quantitative estimate of drug-likeness (QED) is 0.438. The van der Waals surface area contributed by atoms with Crippen LogP contribution in [0.2, 0.25) is 0 Å². The molecule has 1 unspecified atom stereocenters. The maximum atomic E-state index is 14.6. The van der Waals surface area contributed by atoms with Gasteiger partial charge in [-0.1, -0.05) is 11.2 Å². The van der Waals surface area contributed by atoms with E-state index in [1.165, 1.54) is 26.8 Å². The summed E-state index contributed by atoms with van der Waals surface area (Å²) in [5.41, 5.74) is -1.14. The molecule has 0 radical (unpaired) electrons. The Bertz CT molecular complexity index is 1370. The number of benzene rings is 1. The number of rotatable bonds is 5. The first-order valence-corrected chi connectivity index (χ1v) is 11.3. The molecule has 9 nitrogen and oxygen atoms in total. The van der Waals surface area contributed by atoms with Gasteiger partial charge in [-0.05, 0) is 38.5 Å². The van der Waals surface area contributed by atoms with Gasteiger partial charge in [-0.2, -0.15) is 31.2 Å². The number of hydrogen-bond acceptors (Lipinski definition) is 5. The van der Waals surface area contributed by atoms with Crippen LogP contribution in [0.25, 0.3) is 0 Å². The molecule has 1 aromatic carbocycles. The lowest BCUT2D eigenvalue weighted by Crippen LogP contribution is -2.58. The lowest BCUT2D eigenvalue weighted by Gasteiger charge is -2.39. The molecule has 3 rings (SSSR count). The molecule has 2 aromatic rings. The topological polar surface area (TPSA) is 104 Å². The third-order valence-corrected chi connectivity index (χ3v) is 6.12. The molecule has 1 aliphatic heterocycles. The molecule has 0 bridgehead atoms. The van der Waals surface area contributed by atoms with Crippen LogP contribution in [-0.4, -0.2) is 70.7 Å². The van der Waals surface area contributed by atoms with Crippen LogP contribution in [0.5, 0.6) is 0 Å². The Hall–Kier alpha value is -3.98. The van der Waals surface area contributed by atoms with Crippen molar-refractivity contribution in [2.75, 3.05) is 19.6 Å². The molecule has 1 atom stereocenters. The molecule has 1 fully saturated rings. The summed E-state index contributed by atoms with van der Waals surface area (Å²) in [6.07, 6.45) is -10.4. The van der Waals surface area contributed by atoms with Gasteiger partial charge >= 0.3 is 23.9 Å². The minimum atomic E-state index is -5.38. The number of H-pyrrole nitrogens is 1.